The summed E-state index contributed by atoms with van der Waals surface area (Å²) in [5, 5.41) is 11.5. The summed E-state index contributed by atoms with van der Waals surface area (Å²) in [5.41, 5.74) is 1.15. The van der Waals surface area contributed by atoms with E-state index in [0.717, 1.165) is 4.90 Å². The molecule has 0 unspecified atom stereocenters. The average Bonchev–Trinajstić information content (AvgIpc) is 2.53. The van der Waals surface area contributed by atoms with Gasteiger partial charge in [0.15, 0.2) is 0 Å². The van der Waals surface area contributed by atoms with Gasteiger partial charge < -0.3 is 10.4 Å². The fourth-order valence-electron chi connectivity index (χ4n) is 1.91. The van der Waals surface area contributed by atoms with Crippen LogP contribution in [0.15, 0.2) is 53.4 Å². The van der Waals surface area contributed by atoms with E-state index in [0.29, 0.717) is 23.4 Å². The lowest BCUT2D eigenvalue weighted by Crippen LogP contribution is -2.25. The quantitative estimate of drug-likeness (QED) is 0.604. The van der Waals surface area contributed by atoms with E-state index >= 15 is 0 Å². The molecule has 2 aromatic rings. The van der Waals surface area contributed by atoms with E-state index in [2.05, 4.69) is 5.32 Å². The molecule has 0 bridgehead atoms. The molecular weight excluding hydrogens is 317 g/mol. The Bertz CT molecular complexity index is 671. The zero-order valence-electron chi connectivity index (χ0n) is 12.3. The molecule has 0 aliphatic rings. The number of benzene rings is 2. The van der Waals surface area contributed by atoms with Crippen LogP contribution in [0, 0.1) is 5.82 Å². The number of amides is 1. The lowest BCUT2D eigenvalue weighted by molar-refractivity contribution is -0.136. The molecule has 0 heterocycles. The molecule has 2 N–H and O–H groups in total. The van der Waals surface area contributed by atoms with Crippen LogP contribution in [0.5, 0.6) is 0 Å². The molecule has 23 heavy (non-hydrogen) atoms. The molecule has 1 amide bonds. The van der Waals surface area contributed by atoms with Crippen molar-refractivity contribution in [2.24, 2.45) is 0 Å². The summed E-state index contributed by atoms with van der Waals surface area (Å²) in [6.07, 6.45) is -0.0593. The van der Waals surface area contributed by atoms with Crippen molar-refractivity contribution >= 4 is 23.6 Å². The summed E-state index contributed by atoms with van der Waals surface area (Å²) in [5.74, 6) is -0.699. The molecule has 0 fully saturated rings. The summed E-state index contributed by atoms with van der Waals surface area (Å²) in [7, 11) is 0. The van der Waals surface area contributed by atoms with Crippen LogP contribution < -0.4 is 5.32 Å². The van der Waals surface area contributed by atoms with E-state index < -0.39 is 5.97 Å². The molecule has 0 aliphatic heterocycles. The Labute approximate surface area is 137 Å². The molecule has 120 valence electrons. The molecule has 0 saturated carbocycles. The normalized spacial score (nSPS) is 10.3. The predicted octanol–water partition coefficient (Wildman–Crippen LogP) is 2.97. The van der Waals surface area contributed by atoms with Crippen LogP contribution in [0.4, 0.5) is 4.39 Å². The number of rotatable bonds is 7. The van der Waals surface area contributed by atoms with Gasteiger partial charge in [-0.15, -0.1) is 11.8 Å². The second-order valence-corrected chi connectivity index (χ2v) is 5.99. The molecule has 0 aliphatic carbocycles. The number of carboxylic acid groups (broad SMARTS) is 1. The highest BCUT2D eigenvalue weighted by atomic mass is 32.2. The zero-order chi connectivity index (χ0) is 16.7. The Morgan fingerprint density at radius 1 is 1.04 bits per heavy atom. The molecule has 0 spiro atoms. The molecule has 0 atom stereocenters. The van der Waals surface area contributed by atoms with Crippen molar-refractivity contribution in [2.75, 3.05) is 12.3 Å². The van der Waals surface area contributed by atoms with Crippen molar-refractivity contribution in [1.29, 1.82) is 0 Å². The summed E-state index contributed by atoms with van der Waals surface area (Å²) < 4.78 is 12.8. The first kappa shape index (κ1) is 17.0. The summed E-state index contributed by atoms with van der Waals surface area (Å²) >= 11 is 1.53. The lowest BCUT2D eigenvalue weighted by atomic mass is 10.1. The van der Waals surface area contributed by atoms with Crippen molar-refractivity contribution in [1.82, 2.24) is 5.32 Å². The van der Waals surface area contributed by atoms with Gasteiger partial charge >= 0.3 is 5.97 Å². The Kier molecular flexibility index (Phi) is 6.17. The second-order valence-electron chi connectivity index (χ2n) is 4.83. The first-order valence-corrected chi connectivity index (χ1v) is 8.00. The predicted molar refractivity (Wildman–Crippen MR) is 87.2 cm³/mol. The van der Waals surface area contributed by atoms with E-state index in [4.69, 9.17) is 5.11 Å². The SMILES string of the molecule is O=C(O)Cc1ccc(C(=O)NCCSc2ccc(F)cc2)cc1. The number of halogens is 1. The Hall–Kier alpha value is -2.34. The second kappa shape index (κ2) is 8.33. The summed E-state index contributed by atoms with van der Waals surface area (Å²) in [4.78, 5) is 23.5. The van der Waals surface area contributed by atoms with Crippen LogP contribution in [0.2, 0.25) is 0 Å². The van der Waals surface area contributed by atoms with Crippen molar-refractivity contribution in [3.05, 3.63) is 65.5 Å². The molecule has 0 radical (unpaired) electrons. The minimum Gasteiger partial charge on any atom is -0.481 e. The fourth-order valence-corrected chi connectivity index (χ4v) is 2.68. The lowest BCUT2D eigenvalue weighted by Gasteiger charge is -2.06. The van der Waals surface area contributed by atoms with Crippen molar-refractivity contribution in [3.8, 4) is 0 Å². The van der Waals surface area contributed by atoms with Crippen LogP contribution in [0.3, 0.4) is 0 Å². The third kappa shape index (κ3) is 5.75. The van der Waals surface area contributed by atoms with Gasteiger partial charge in [-0.2, -0.15) is 0 Å². The van der Waals surface area contributed by atoms with Gasteiger partial charge in [-0.1, -0.05) is 12.1 Å². The minimum atomic E-state index is -0.903. The topological polar surface area (TPSA) is 66.4 Å². The highest BCUT2D eigenvalue weighted by Gasteiger charge is 2.06. The summed E-state index contributed by atoms with van der Waals surface area (Å²) in [6, 6.07) is 12.7. The third-order valence-corrected chi connectivity index (χ3v) is 4.06. The van der Waals surface area contributed by atoms with Crippen molar-refractivity contribution in [2.45, 2.75) is 11.3 Å². The molecule has 4 nitrogen and oxygen atoms in total. The van der Waals surface area contributed by atoms with Gasteiger partial charge in [-0.05, 0) is 42.0 Å². The van der Waals surface area contributed by atoms with Crippen LogP contribution >= 0.6 is 11.8 Å². The van der Waals surface area contributed by atoms with E-state index in [1.807, 2.05) is 0 Å². The van der Waals surface area contributed by atoms with E-state index in [1.165, 1.54) is 23.9 Å². The highest BCUT2D eigenvalue weighted by Crippen LogP contribution is 2.17. The molecule has 0 aromatic heterocycles. The van der Waals surface area contributed by atoms with Gasteiger partial charge in [0.1, 0.15) is 5.82 Å². The minimum absolute atomic E-state index is 0.0593. The maximum atomic E-state index is 12.8. The van der Waals surface area contributed by atoms with E-state index in [1.54, 1.807) is 36.4 Å². The van der Waals surface area contributed by atoms with Crippen LogP contribution in [-0.2, 0) is 11.2 Å². The average molecular weight is 333 g/mol. The number of nitrogens with one attached hydrogen (secondary N) is 1. The van der Waals surface area contributed by atoms with E-state index in [9.17, 15) is 14.0 Å². The number of hydrogen-bond acceptors (Lipinski definition) is 3. The number of carbonyl (C=O) groups is 2. The monoisotopic (exact) mass is 333 g/mol. The van der Waals surface area contributed by atoms with Crippen LogP contribution in [0.1, 0.15) is 15.9 Å². The number of carboxylic acids is 1. The van der Waals surface area contributed by atoms with Gasteiger partial charge in [-0.25, -0.2) is 4.39 Å². The van der Waals surface area contributed by atoms with Gasteiger partial charge in [0.25, 0.3) is 5.91 Å². The van der Waals surface area contributed by atoms with Crippen LogP contribution in [-0.4, -0.2) is 29.3 Å². The summed E-state index contributed by atoms with van der Waals surface area (Å²) in [6.45, 7) is 0.484. The van der Waals surface area contributed by atoms with Gasteiger partial charge in [0, 0.05) is 22.8 Å². The number of hydrogen-bond donors (Lipinski definition) is 2. The maximum Gasteiger partial charge on any atom is 0.307 e. The van der Waals surface area contributed by atoms with Gasteiger partial charge in [0.05, 0.1) is 6.42 Å². The standard InChI is InChI=1S/C17H16FNO3S/c18-14-5-7-15(8-6-14)23-10-9-19-17(22)13-3-1-12(2-4-13)11-16(20)21/h1-8H,9-11H2,(H,19,22)(H,20,21). The largest absolute Gasteiger partial charge is 0.481 e. The smallest absolute Gasteiger partial charge is 0.307 e. The fraction of sp³-hybridized carbons (Fsp3) is 0.176. The van der Waals surface area contributed by atoms with E-state index in [-0.39, 0.29) is 18.1 Å². The zero-order valence-corrected chi connectivity index (χ0v) is 13.1. The Morgan fingerprint density at radius 3 is 2.30 bits per heavy atom. The molecule has 2 aromatic carbocycles. The molecule has 2 rings (SSSR count). The number of aliphatic carboxylic acids is 1. The molecule has 0 saturated heterocycles. The Morgan fingerprint density at radius 2 is 1.70 bits per heavy atom. The first-order valence-electron chi connectivity index (χ1n) is 7.02. The first-order chi connectivity index (χ1) is 11.0. The van der Waals surface area contributed by atoms with Crippen molar-refractivity contribution in [3.63, 3.8) is 0 Å². The highest BCUT2D eigenvalue weighted by molar-refractivity contribution is 7.99. The molecular formula is C17H16FNO3S. The van der Waals surface area contributed by atoms with Gasteiger partial charge in [-0.3, -0.25) is 9.59 Å². The Balaban J connectivity index is 1.76. The van der Waals surface area contributed by atoms with Crippen LogP contribution in [0.25, 0.3) is 0 Å². The van der Waals surface area contributed by atoms with Gasteiger partial charge in [0.2, 0.25) is 0 Å². The molecule has 6 heteroatoms. The number of thioether (sulfide) groups is 1. The van der Waals surface area contributed by atoms with Crippen molar-refractivity contribution < 1.29 is 19.1 Å². The maximum absolute atomic E-state index is 12.8. The third-order valence-electron chi connectivity index (χ3n) is 3.04. The number of carbonyl (C=O) groups excluding carboxylic acids is 1.